The number of pyridine rings is 1. The van der Waals surface area contributed by atoms with E-state index < -0.39 is 5.66 Å². The lowest BCUT2D eigenvalue weighted by molar-refractivity contribution is 0.0634. The second-order valence-electron chi connectivity index (χ2n) is 9.48. The van der Waals surface area contributed by atoms with E-state index in [4.69, 9.17) is 9.47 Å². The zero-order valence-electron chi connectivity index (χ0n) is 20.5. The van der Waals surface area contributed by atoms with Crippen molar-refractivity contribution in [2.24, 2.45) is 0 Å². The highest BCUT2D eigenvalue weighted by Crippen LogP contribution is 2.35. The summed E-state index contributed by atoms with van der Waals surface area (Å²) in [5.74, 6) is 1.26. The number of piperidine rings is 1. The first-order chi connectivity index (χ1) is 16.8. The predicted molar refractivity (Wildman–Crippen MR) is 134 cm³/mol. The Morgan fingerprint density at radius 1 is 1.03 bits per heavy atom. The van der Waals surface area contributed by atoms with Crippen molar-refractivity contribution in [3.8, 4) is 11.5 Å². The van der Waals surface area contributed by atoms with E-state index in [1.807, 2.05) is 30.3 Å². The number of methoxy groups -OCH3 is 2. The molecule has 0 saturated carbocycles. The Labute approximate surface area is 204 Å². The second-order valence-corrected chi connectivity index (χ2v) is 9.48. The number of hydrogen-bond acceptors (Lipinski definition) is 6. The van der Waals surface area contributed by atoms with Crippen LogP contribution in [0.15, 0.2) is 42.5 Å². The van der Waals surface area contributed by atoms with Gasteiger partial charge in [0, 0.05) is 43.1 Å². The van der Waals surface area contributed by atoms with E-state index in [-0.39, 0.29) is 11.8 Å². The molecule has 2 aliphatic rings. The Morgan fingerprint density at radius 2 is 1.77 bits per heavy atom. The number of nitrogens with zero attached hydrogens (tertiary/aromatic N) is 2. The molecule has 0 radical (unpaired) electrons. The van der Waals surface area contributed by atoms with Crippen LogP contribution in [-0.2, 0) is 0 Å². The molecule has 3 heterocycles. The largest absolute Gasteiger partial charge is 0.496 e. The molecule has 1 aromatic heterocycles. The number of hydrogen-bond donors (Lipinski definition) is 2. The van der Waals surface area contributed by atoms with Gasteiger partial charge in [0.25, 0.3) is 11.8 Å². The number of benzene rings is 2. The van der Waals surface area contributed by atoms with Gasteiger partial charge in [-0.3, -0.25) is 9.59 Å². The van der Waals surface area contributed by atoms with E-state index in [1.165, 1.54) is 0 Å². The number of anilines is 1. The van der Waals surface area contributed by atoms with Crippen molar-refractivity contribution in [1.29, 1.82) is 0 Å². The van der Waals surface area contributed by atoms with Crippen LogP contribution in [0.5, 0.6) is 11.5 Å². The number of likely N-dealkylation sites (tertiary alicyclic amines) is 1. The maximum atomic E-state index is 13.4. The number of rotatable bonds is 4. The van der Waals surface area contributed by atoms with E-state index in [0.29, 0.717) is 60.1 Å². The second kappa shape index (κ2) is 8.76. The first kappa shape index (κ1) is 23.0. The molecule has 182 valence electrons. The van der Waals surface area contributed by atoms with Crippen molar-refractivity contribution in [3.05, 3.63) is 59.3 Å². The van der Waals surface area contributed by atoms with Crippen LogP contribution in [0.4, 0.5) is 5.69 Å². The van der Waals surface area contributed by atoms with Crippen molar-refractivity contribution < 1.29 is 19.1 Å². The molecule has 35 heavy (non-hydrogen) atoms. The molecule has 2 aliphatic heterocycles. The lowest BCUT2D eigenvalue weighted by Gasteiger charge is -2.46. The number of nitrogens with one attached hydrogen (secondary N) is 2. The molecule has 0 unspecified atom stereocenters. The van der Waals surface area contributed by atoms with Gasteiger partial charge >= 0.3 is 0 Å². The van der Waals surface area contributed by atoms with Crippen LogP contribution in [0.3, 0.4) is 0 Å². The third-order valence-corrected chi connectivity index (χ3v) is 7.01. The number of carbonyl (C=O) groups excluding carboxylic acids is 2. The van der Waals surface area contributed by atoms with Gasteiger partial charge in [-0.1, -0.05) is 26.0 Å². The van der Waals surface area contributed by atoms with Crippen LogP contribution in [-0.4, -0.2) is 54.7 Å². The summed E-state index contributed by atoms with van der Waals surface area (Å²) in [4.78, 5) is 32.8. The third-order valence-electron chi connectivity index (χ3n) is 7.01. The normalized spacial score (nSPS) is 16.6. The molecule has 5 rings (SSSR count). The molecular weight excluding hydrogens is 444 g/mol. The van der Waals surface area contributed by atoms with Crippen LogP contribution in [0.1, 0.15) is 59.0 Å². The number of carbonyl (C=O) groups is 2. The number of para-hydroxylation sites is 1. The predicted octanol–water partition coefficient (Wildman–Crippen LogP) is 4.16. The molecule has 1 saturated heterocycles. The number of amides is 2. The lowest BCUT2D eigenvalue weighted by atomic mass is 9.90. The summed E-state index contributed by atoms with van der Waals surface area (Å²) in [7, 11) is 3.15. The van der Waals surface area contributed by atoms with Crippen molar-refractivity contribution in [2.75, 3.05) is 32.6 Å². The molecule has 0 atom stereocenters. The fourth-order valence-electron chi connectivity index (χ4n) is 4.93. The summed E-state index contributed by atoms with van der Waals surface area (Å²) >= 11 is 0. The van der Waals surface area contributed by atoms with Crippen LogP contribution in [0, 0.1) is 0 Å². The maximum Gasteiger partial charge on any atom is 0.272 e. The highest BCUT2D eigenvalue weighted by molar-refractivity contribution is 6.02. The SMILES string of the molecule is COc1cc(C(=O)N2CCC3(CC2)NC(=O)c2cc(C(C)C)ccc2N3)nc2c(OC)cccc12. The third kappa shape index (κ3) is 4.03. The van der Waals surface area contributed by atoms with E-state index in [9.17, 15) is 9.59 Å². The Hall–Kier alpha value is -3.81. The number of fused-ring (bicyclic) bond motifs is 2. The van der Waals surface area contributed by atoms with Crippen LogP contribution in [0.25, 0.3) is 10.9 Å². The van der Waals surface area contributed by atoms with Gasteiger partial charge in [-0.05, 0) is 35.7 Å². The average molecular weight is 475 g/mol. The van der Waals surface area contributed by atoms with Gasteiger partial charge < -0.3 is 25.0 Å². The first-order valence-electron chi connectivity index (χ1n) is 11.9. The molecule has 8 heteroatoms. The molecule has 2 amide bonds. The van der Waals surface area contributed by atoms with E-state index in [2.05, 4.69) is 35.5 Å². The molecule has 0 aliphatic carbocycles. The summed E-state index contributed by atoms with van der Waals surface area (Å²) in [6.07, 6.45) is 1.17. The molecule has 0 bridgehead atoms. The minimum atomic E-state index is -0.571. The van der Waals surface area contributed by atoms with Gasteiger partial charge in [0.2, 0.25) is 0 Å². The van der Waals surface area contributed by atoms with Gasteiger partial charge in [-0.25, -0.2) is 4.98 Å². The summed E-state index contributed by atoms with van der Waals surface area (Å²) < 4.78 is 11.0. The average Bonchev–Trinajstić information content (AvgIpc) is 2.87. The lowest BCUT2D eigenvalue weighted by Crippen LogP contribution is -2.62. The Kier molecular flexibility index (Phi) is 5.75. The monoisotopic (exact) mass is 474 g/mol. The van der Waals surface area contributed by atoms with Crippen LogP contribution < -0.4 is 20.1 Å². The first-order valence-corrected chi connectivity index (χ1v) is 11.9. The molecule has 2 aromatic carbocycles. The fraction of sp³-hybridized carbons (Fsp3) is 0.370. The van der Waals surface area contributed by atoms with Crippen molar-refractivity contribution in [3.63, 3.8) is 0 Å². The maximum absolute atomic E-state index is 13.4. The Bertz CT molecular complexity index is 1310. The van der Waals surface area contributed by atoms with Crippen LogP contribution >= 0.6 is 0 Å². The Morgan fingerprint density at radius 3 is 2.46 bits per heavy atom. The van der Waals surface area contributed by atoms with E-state index in [0.717, 1.165) is 16.6 Å². The molecule has 2 N–H and O–H groups in total. The molecule has 8 nitrogen and oxygen atoms in total. The van der Waals surface area contributed by atoms with E-state index >= 15 is 0 Å². The summed E-state index contributed by atoms with van der Waals surface area (Å²) in [5.41, 5.74) is 2.96. The van der Waals surface area contributed by atoms with Gasteiger partial charge in [0.15, 0.2) is 0 Å². The summed E-state index contributed by atoms with van der Waals surface area (Å²) in [6, 6.07) is 13.3. The Balaban J connectivity index is 1.36. The smallest absolute Gasteiger partial charge is 0.272 e. The number of aromatic nitrogens is 1. The summed E-state index contributed by atoms with van der Waals surface area (Å²) in [5, 5.41) is 7.50. The van der Waals surface area contributed by atoms with Gasteiger partial charge in [-0.2, -0.15) is 0 Å². The quantitative estimate of drug-likeness (QED) is 0.590. The highest BCUT2D eigenvalue weighted by Gasteiger charge is 2.41. The summed E-state index contributed by atoms with van der Waals surface area (Å²) in [6.45, 7) is 5.19. The molecular formula is C27H30N4O4. The zero-order chi connectivity index (χ0) is 24.7. The molecule has 3 aromatic rings. The molecule has 1 fully saturated rings. The van der Waals surface area contributed by atoms with Gasteiger partial charge in [0.05, 0.1) is 19.8 Å². The standard InChI is InChI=1S/C27H30N4O4/c1-16(2)17-8-9-20-19(14-17)25(32)30-27(29-20)10-12-31(13-11-27)26(33)21-15-23(35-4)18-6-5-7-22(34-3)24(18)28-21/h5-9,14-16,29H,10-13H2,1-4H3,(H,30,32). The topological polar surface area (TPSA) is 92.8 Å². The highest BCUT2D eigenvalue weighted by atomic mass is 16.5. The van der Waals surface area contributed by atoms with E-state index in [1.54, 1.807) is 25.2 Å². The number of ether oxygens (including phenoxy) is 2. The van der Waals surface area contributed by atoms with Crippen molar-refractivity contribution in [2.45, 2.75) is 38.3 Å². The van der Waals surface area contributed by atoms with Crippen molar-refractivity contribution in [1.82, 2.24) is 15.2 Å². The minimum Gasteiger partial charge on any atom is -0.496 e. The van der Waals surface area contributed by atoms with Crippen molar-refractivity contribution >= 4 is 28.4 Å². The van der Waals surface area contributed by atoms with Crippen LogP contribution in [0.2, 0.25) is 0 Å². The fourth-order valence-corrected chi connectivity index (χ4v) is 4.93. The zero-order valence-corrected chi connectivity index (χ0v) is 20.5. The minimum absolute atomic E-state index is 0.0750. The van der Waals surface area contributed by atoms with Gasteiger partial charge in [0.1, 0.15) is 28.4 Å². The van der Waals surface area contributed by atoms with Gasteiger partial charge in [-0.15, -0.1) is 0 Å². The molecule has 1 spiro atoms.